The zero-order valence-corrected chi connectivity index (χ0v) is 15.4. The van der Waals surface area contributed by atoms with E-state index >= 15 is 0 Å². The molecule has 2 aliphatic rings. The van der Waals surface area contributed by atoms with Crippen molar-refractivity contribution in [1.29, 1.82) is 0 Å². The molecule has 1 aliphatic carbocycles. The number of amides is 2. The highest BCUT2D eigenvalue weighted by Gasteiger charge is 2.47. The second-order valence-electron chi connectivity index (χ2n) is 7.55. The van der Waals surface area contributed by atoms with Gasteiger partial charge in [-0.25, -0.2) is 13.6 Å². The zero-order chi connectivity index (χ0) is 18.7. The number of hydrogen-bond donors (Lipinski definition) is 1. The van der Waals surface area contributed by atoms with Crippen molar-refractivity contribution in [2.24, 2.45) is 0 Å². The number of rotatable bonds is 7. The Balaban J connectivity index is 1.69. The van der Waals surface area contributed by atoms with Crippen LogP contribution in [0, 0.1) is 11.6 Å². The van der Waals surface area contributed by atoms with Crippen molar-refractivity contribution in [3.8, 4) is 0 Å². The van der Waals surface area contributed by atoms with Crippen LogP contribution in [0.1, 0.15) is 31.2 Å². The molecule has 2 fully saturated rings. The molecule has 1 heterocycles. The summed E-state index contributed by atoms with van der Waals surface area (Å²) < 4.78 is 32.8. The van der Waals surface area contributed by atoms with Gasteiger partial charge < -0.3 is 19.9 Å². The van der Waals surface area contributed by atoms with Crippen LogP contribution in [0.25, 0.3) is 0 Å². The van der Waals surface area contributed by atoms with Crippen LogP contribution in [0.4, 0.5) is 13.6 Å². The number of nitrogens with one attached hydrogen (secondary N) is 1. The molecule has 2 amide bonds. The summed E-state index contributed by atoms with van der Waals surface area (Å²) in [6, 6.07) is 3.26. The molecule has 0 unspecified atom stereocenters. The lowest BCUT2D eigenvalue weighted by molar-refractivity contribution is 0.0788. The topological polar surface area (TPSA) is 44.8 Å². The summed E-state index contributed by atoms with van der Waals surface area (Å²) in [6.07, 6.45) is 3.39. The number of halogens is 2. The van der Waals surface area contributed by atoms with E-state index in [4.69, 9.17) is 4.74 Å². The fraction of sp³-hybridized carbons (Fsp3) is 0.632. The normalized spacial score (nSPS) is 21.0. The number of nitrogens with zero attached hydrogens (tertiary/aromatic N) is 2. The Morgan fingerprint density at radius 1 is 1.23 bits per heavy atom. The number of benzene rings is 1. The predicted octanol–water partition coefficient (Wildman–Crippen LogP) is 2.71. The summed E-state index contributed by atoms with van der Waals surface area (Å²) in [5, 5.41) is 3.02. The molecule has 0 bridgehead atoms. The summed E-state index contributed by atoms with van der Waals surface area (Å²) in [7, 11) is 3.92. The van der Waals surface area contributed by atoms with Crippen molar-refractivity contribution in [3.05, 3.63) is 35.4 Å². The minimum Gasteiger partial charge on any atom is -0.376 e. The van der Waals surface area contributed by atoms with E-state index in [-0.39, 0.29) is 12.1 Å². The summed E-state index contributed by atoms with van der Waals surface area (Å²) in [5.74, 6) is -1.24. The zero-order valence-electron chi connectivity index (χ0n) is 15.4. The van der Waals surface area contributed by atoms with Crippen LogP contribution in [0.15, 0.2) is 18.2 Å². The van der Waals surface area contributed by atoms with Crippen LogP contribution < -0.4 is 5.32 Å². The van der Waals surface area contributed by atoms with E-state index in [0.717, 1.165) is 32.1 Å². The smallest absolute Gasteiger partial charge is 0.318 e. The Kier molecular flexibility index (Phi) is 5.77. The number of carbonyl (C=O) groups is 1. The van der Waals surface area contributed by atoms with Gasteiger partial charge in [0, 0.05) is 32.3 Å². The third-order valence-electron chi connectivity index (χ3n) is 5.06. The number of urea groups is 1. The van der Waals surface area contributed by atoms with E-state index in [9.17, 15) is 13.6 Å². The first-order valence-electron chi connectivity index (χ1n) is 9.18. The molecule has 0 radical (unpaired) electrons. The molecule has 144 valence electrons. The summed E-state index contributed by atoms with van der Waals surface area (Å²) in [5.41, 5.74) is -0.166. The second kappa shape index (κ2) is 7.88. The minimum atomic E-state index is -0.660. The Morgan fingerprint density at radius 2 is 1.92 bits per heavy atom. The Morgan fingerprint density at radius 3 is 2.46 bits per heavy atom. The molecule has 5 nitrogen and oxygen atoms in total. The Labute approximate surface area is 153 Å². The average molecular weight is 367 g/mol. The number of carbonyl (C=O) groups excluding carboxylic acids is 1. The highest BCUT2D eigenvalue weighted by atomic mass is 19.1. The molecule has 1 aromatic carbocycles. The maximum atomic E-state index is 13.6. The molecule has 0 aromatic heterocycles. The molecule has 7 heteroatoms. The van der Waals surface area contributed by atoms with E-state index in [1.807, 2.05) is 19.0 Å². The predicted molar refractivity (Wildman–Crippen MR) is 94.9 cm³/mol. The quantitative estimate of drug-likeness (QED) is 0.806. The first kappa shape index (κ1) is 19.0. The van der Waals surface area contributed by atoms with E-state index in [1.54, 1.807) is 4.90 Å². The molecule has 1 aromatic rings. The van der Waals surface area contributed by atoms with E-state index in [2.05, 4.69) is 5.32 Å². The highest BCUT2D eigenvalue weighted by Crippen LogP contribution is 2.46. The van der Waals surface area contributed by atoms with Gasteiger partial charge in [-0.2, -0.15) is 0 Å². The average Bonchev–Trinajstić information content (AvgIpc) is 3.16. The van der Waals surface area contributed by atoms with Crippen molar-refractivity contribution in [1.82, 2.24) is 15.1 Å². The molecule has 1 N–H and O–H groups in total. The third-order valence-corrected chi connectivity index (χ3v) is 5.06. The van der Waals surface area contributed by atoms with Crippen molar-refractivity contribution in [2.45, 2.75) is 37.3 Å². The summed E-state index contributed by atoms with van der Waals surface area (Å²) >= 11 is 0. The van der Waals surface area contributed by atoms with Gasteiger partial charge >= 0.3 is 6.03 Å². The lowest BCUT2D eigenvalue weighted by Gasteiger charge is -2.29. The van der Waals surface area contributed by atoms with Gasteiger partial charge in [-0.05, 0) is 57.5 Å². The monoisotopic (exact) mass is 367 g/mol. The molecule has 1 saturated heterocycles. The fourth-order valence-corrected chi connectivity index (χ4v) is 3.36. The molecular formula is C19H27F2N3O2. The van der Waals surface area contributed by atoms with Gasteiger partial charge in [0.2, 0.25) is 0 Å². The Bertz CT molecular complexity index is 623. The van der Waals surface area contributed by atoms with E-state index < -0.39 is 17.2 Å². The molecule has 1 atom stereocenters. The van der Waals surface area contributed by atoms with Crippen molar-refractivity contribution in [2.75, 3.05) is 40.3 Å². The van der Waals surface area contributed by atoms with Crippen molar-refractivity contribution < 1.29 is 18.3 Å². The summed E-state index contributed by atoms with van der Waals surface area (Å²) in [4.78, 5) is 16.7. The lowest BCUT2D eigenvalue weighted by Crippen LogP contribution is -2.49. The minimum absolute atomic E-state index is 0.0599. The van der Waals surface area contributed by atoms with E-state index in [0.29, 0.717) is 31.5 Å². The molecule has 1 saturated carbocycles. The lowest BCUT2D eigenvalue weighted by atomic mass is 10.0. The van der Waals surface area contributed by atoms with Crippen molar-refractivity contribution in [3.63, 3.8) is 0 Å². The van der Waals surface area contributed by atoms with Gasteiger partial charge in [-0.1, -0.05) is 0 Å². The molecule has 0 spiro atoms. The van der Waals surface area contributed by atoms with Crippen molar-refractivity contribution >= 4 is 6.03 Å². The largest absolute Gasteiger partial charge is 0.376 e. The maximum Gasteiger partial charge on any atom is 0.318 e. The molecular weight excluding hydrogens is 340 g/mol. The first-order valence-corrected chi connectivity index (χ1v) is 9.18. The Hall–Kier alpha value is -1.73. The number of ether oxygens (including phenoxy) is 1. The third kappa shape index (κ3) is 4.71. The standard InChI is InChI=1S/C19H27F2N3O2/c1-23(2)7-8-24(13-17-4-3-9-26-17)18(25)22-19(5-6-19)14-10-15(20)12-16(21)11-14/h10-12,17H,3-9,13H2,1-2H3,(H,22,25)/t17-/m0/s1. The van der Waals surface area contributed by atoms with Gasteiger partial charge in [0.05, 0.1) is 11.6 Å². The van der Waals surface area contributed by atoms with Gasteiger partial charge in [0.15, 0.2) is 0 Å². The van der Waals surface area contributed by atoms with Gasteiger partial charge in [0.1, 0.15) is 11.6 Å². The van der Waals surface area contributed by atoms with Crippen LogP contribution in [0.3, 0.4) is 0 Å². The van der Waals surface area contributed by atoms with Gasteiger partial charge in [-0.3, -0.25) is 0 Å². The van der Waals surface area contributed by atoms with Crippen LogP contribution in [-0.4, -0.2) is 62.3 Å². The summed E-state index contributed by atoms with van der Waals surface area (Å²) in [6.45, 7) is 2.58. The first-order chi connectivity index (χ1) is 12.4. The highest BCUT2D eigenvalue weighted by molar-refractivity contribution is 5.76. The molecule has 26 heavy (non-hydrogen) atoms. The van der Waals surface area contributed by atoms with Gasteiger partial charge in [0.25, 0.3) is 0 Å². The maximum absolute atomic E-state index is 13.6. The van der Waals surface area contributed by atoms with E-state index in [1.165, 1.54) is 12.1 Å². The second-order valence-corrected chi connectivity index (χ2v) is 7.55. The number of likely N-dealkylation sites (N-methyl/N-ethyl adjacent to an activating group) is 1. The number of hydrogen-bond acceptors (Lipinski definition) is 3. The van der Waals surface area contributed by atoms with Crippen LogP contribution >= 0.6 is 0 Å². The van der Waals surface area contributed by atoms with Crippen LogP contribution in [0.5, 0.6) is 0 Å². The molecule has 3 rings (SSSR count). The van der Waals surface area contributed by atoms with Crippen LogP contribution in [-0.2, 0) is 10.3 Å². The van der Waals surface area contributed by atoms with Crippen LogP contribution in [0.2, 0.25) is 0 Å². The van der Waals surface area contributed by atoms with Gasteiger partial charge in [-0.15, -0.1) is 0 Å². The SMILES string of the molecule is CN(C)CCN(C[C@@H]1CCCO1)C(=O)NC1(c2cc(F)cc(F)c2)CC1. The molecule has 1 aliphatic heterocycles. The fourth-order valence-electron chi connectivity index (χ4n) is 3.36.